The summed E-state index contributed by atoms with van der Waals surface area (Å²) in [5, 5.41) is 0. The fraction of sp³-hybridized carbons (Fsp3) is 0.143. The van der Waals surface area contributed by atoms with Gasteiger partial charge in [-0.15, -0.1) is 11.8 Å². The number of benzene rings is 1. The van der Waals surface area contributed by atoms with Crippen molar-refractivity contribution in [3.8, 4) is 0 Å². The highest BCUT2D eigenvalue weighted by Gasteiger charge is 1.98. The largest absolute Gasteiger partial charge is 0.399 e. The van der Waals surface area contributed by atoms with Gasteiger partial charge in [-0.25, -0.2) is 0 Å². The molecule has 0 radical (unpaired) electrons. The van der Waals surface area contributed by atoms with Crippen molar-refractivity contribution in [3.63, 3.8) is 0 Å². The highest BCUT2D eigenvalue weighted by Crippen LogP contribution is 2.26. The van der Waals surface area contributed by atoms with E-state index in [0.29, 0.717) is 0 Å². The number of thioether (sulfide) groups is 1. The fourth-order valence-electron chi connectivity index (χ4n) is 0.827. The Morgan fingerprint density at radius 3 is 2.73 bits per heavy atom. The van der Waals surface area contributed by atoms with E-state index in [-0.39, 0.29) is 0 Å². The summed E-state index contributed by atoms with van der Waals surface area (Å²) in [4.78, 5) is 1.06. The maximum absolute atomic E-state index is 5.58. The number of anilines is 2. The van der Waals surface area contributed by atoms with Crippen LogP contribution >= 0.6 is 11.8 Å². The Morgan fingerprint density at radius 2 is 2.18 bits per heavy atom. The average molecular weight is 169 g/mol. The zero-order valence-corrected chi connectivity index (χ0v) is 7.11. The van der Waals surface area contributed by atoms with E-state index >= 15 is 0 Å². The molecule has 0 unspecified atom stereocenters. The van der Waals surface area contributed by atoms with E-state index < -0.39 is 0 Å². The number of nitrogens with one attached hydrogen (secondary N) is 1. The summed E-state index contributed by atoms with van der Waals surface area (Å²) >= 11 is 1.61. The summed E-state index contributed by atoms with van der Waals surface area (Å²) in [6, 6.07) is 5.57. The summed E-state index contributed by atoms with van der Waals surface area (Å²) in [6.45, 7) is 0. The highest BCUT2D eigenvalue weighted by molar-refractivity contribution is 7.98. The molecule has 0 spiro atoms. The molecular formula is C7H11N3S. The summed E-state index contributed by atoms with van der Waals surface area (Å²) in [5.41, 5.74) is 9.84. The highest BCUT2D eigenvalue weighted by atomic mass is 32.2. The van der Waals surface area contributed by atoms with Crippen LogP contribution in [-0.2, 0) is 0 Å². The van der Waals surface area contributed by atoms with Crippen LogP contribution in [-0.4, -0.2) is 6.26 Å². The van der Waals surface area contributed by atoms with Gasteiger partial charge in [0, 0.05) is 10.6 Å². The first kappa shape index (κ1) is 8.23. The molecular weight excluding hydrogens is 158 g/mol. The van der Waals surface area contributed by atoms with Gasteiger partial charge in [0.15, 0.2) is 0 Å². The van der Waals surface area contributed by atoms with Crippen molar-refractivity contribution in [2.24, 2.45) is 5.84 Å². The molecule has 1 rings (SSSR count). The van der Waals surface area contributed by atoms with Gasteiger partial charge >= 0.3 is 0 Å². The number of nitrogens with two attached hydrogens (primary N) is 2. The molecule has 4 heteroatoms. The molecule has 3 nitrogen and oxygen atoms in total. The Morgan fingerprint density at radius 1 is 1.45 bits per heavy atom. The van der Waals surface area contributed by atoms with Gasteiger partial charge in [-0.1, -0.05) is 0 Å². The number of hydrogen-bond donors (Lipinski definition) is 3. The lowest BCUT2D eigenvalue weighted by Crippen LogP contribution is -2.07. The second-order valence-electron chi connectivity index (χ2n) is 2.10. The monoisotopic (exact) mass is 169 g/mol. The van der Waals surface area contributed by atoms with Crippen molar-refractivity contribution in [3.05, 3.63) is 18.2 Å². The zero-order valence-electron chi connectivity index (χ0n) is 6.29. The molecule has 11 heavy (non-hydrogen) atoms. The summed E-state index contributed by atoms with van der Waals surface area (Å²) in [5.74, 6) is 5.27. The first-order chi connectivity index (χ1) is 5.27. The van der Waals surface area contributed by atoms with Crippen molar-refractivity contribution in [2.75, 3.05) is 17.4 Å². The molecule has 0 atom stereocenters. The maximum atomic E-state index is 5.58. The van der Waals surface area contributed by atoms with Crippen LogP contribution in [0.25, 0.3) is 0 Å². The molecule has 0 saturated carbocycles. The third kappa shape index (κ3) is 1.78. The summed E-state index contributed by atoms with van der Waals surface area (Å²) in [7, 11) is 0. The lowest BCUT2D eigenvalue weighted by atomic mass is 10.3. The van der Waals surface area contributed by atoms with Crippen LogP contribution < -0.4 is 17.0 Å². The Hall–Kier alpha value is -0.870. The second-order valence-corrected chi connectivity index (χ2v) is 2.95. The predicted molar refractivity (Wildman–Crippen MR) is 50.4 cm³/mol. The van der Waals surface area contributed by atoms with Gasteiger partial charge in [0.05, 0.1) is 5.69 Å². The minimum Gasteiger partial charge on any atom is -0.399 e. The van der Waals surface area contributed by atoms with Crippen LogP contribution in [0, 0.1) is 0 Å². The minimum atomic E-state index is 0.758. The van der Waals surface area contributed by atoms with Crippen LogP contribution in [0.4, 0.5) is 11.4 Å². The van der Waals surface area contributed by atoms with E-state index in [2.05, 4.69) is 5.43 Å². The molecule has 0 aromatic heterocycles. The number of hydrazine groups is 1. The molecule has 0 aliphatic heterocycles. The van der Waals surface area contributed by atoms with Crippen molar-refractivity contribution in [1.29, 1.82) is 0 Å². The van der Waals surface area contributed by atoms with Crippen molar-refractivity contribution in [1.82, 2.24) is 0 Å². The Labute approximate surface area is 70.1 Å². The van der Waals surface area contributed by atoms with Gasteiger partial charge in [-0.05, 0) is 24.5 Å². The normalized spacial score (nSPS) is 9.64. The maximum Gasteiger partial charge on any atom is 0.0622 e. The van der Waals surface area contributed by atoms with Crippen molar-refractivity contribution in [2.45, 2.75) is 4.90 Å². The minimum absolute atomic E-state index is 0.758. The van der Waals surface area contributed by atoms with E-state index in [4.69, 9.17) is 11.6 Å². The Bertz CT molecular complexity index is 249. The number of hydrogen-bond acceptors (Lipinski definition) is 4. The third-order valence-electron chi connectivity index (χ3n) is 1.38. The molecule has 0 aliphatic carbocycles. The molecule has 1 aromatic rings. The molecule has 0 amide bonds. The number of rotatable bonds is 2. The van der Waals surface area contributed by atoms with E-state index in [1.165, 1.54) is 0 Å². The Balaban J connectivity index is 3.06. The lowest BCUT2D eigenvalue weighted by molar-refractivity contribution is 1.29. The third-order valence-corrected chi connectivity index (χ3v) is 2.16. The predicted octanol–water partition coefficient (Wildman–Crippen LogP) is 1.28. The van der Waals surface area contributed by atoms with E-state index in [1.807, 2.05) is 24.5 Å². The van der Waals surface area contributed by atoms with Crippen LogP contribution in [0.3, 0.4) is 0 Å². The van der Waals surface area contributed by atoms with Crippen molar-refractivity contribution >= 4 is 23.1 Å². The zero-order chi connectivity index (χ0) is 8.27. The van der Waals surface area contributed by atoms with Gasteiger partial charge < -0.3 is 11.2 Å². The quantitative estimate of drug-likeness (QED) is 0.270. The van der Waals surface area contributed by atoms with Crippen LogP contribution in [0.1, 0.15) is 0 Å². The molecule has 5 N–H and O–H groups in total. The molecule has 0 bridgehead atoms. The Kier molecular flexibility index (Phi) is 2.62. The number of nitrogen functional groups attached to an aromatic ring is 2. The van der Waals surface area contributed by atoms with E-state index in [0.717, 1.165) is 16.3 Å². The molecule has 0 aliphatic rings. The molecule has 0 saturated heterocycles. The molecule has 1 aromatic carbocycles. The van der Waals surface area contributed by atoms with E-state index in [9.17, 15) is 0 Å². The topological polar surface area (TPSA) is 64.1 Å². The van der Waals surface area contributed by atoms with Gasteiger partial charge in [-0.3, -0.25) is 5.84 Å². The van der Waals surface area contributed by atoms with Crippen molar-refractivity contribution < 1.29 is 0 Å². The van der Waals surface area contributed by atoms with Gasteiger partial charge in [0.2, 0.25) is 0 Å². The first-order valence-corrected chi connectivity index (χ1v) is 4.40. The summed E-state index contributed by atoms with van der Waals surface area (Å²) < 4.78 is 0. The average Bonchev–Trinajstić information content (AvgIpc) is 2.04. The van der Waals surface area contributed by atoms with Gasteiger partial charge in [0.1, 0.15) is 0 Å². The SMILES string of the molecule is CSc1cc(N)ccc1NN. The van der Waals surface area contributed by atoms with Gasteiger partial charge in [-0.2, -0.15) is 0 Å². The van der Waals surface area contributed by atoms with Crippen LogP contribution in [0.15, 0.2) is 23.1 Å². The molecule has 0 fully saturated rings. The fourth-order valence-corrected chi connectivity index (χ4v) is 1.43. The van der Waals surface area contributed by atoms with Crippen LogP contribution in [0.2, 0.25) is 0 Å². The van der Waals surface area contributed by atoms with E-state index in [1.54, 1.807) is 11.8 Å². The van der Waals surface area contributed by atoms with Crippen LogP contribution in [0.5, 0.6) is 0 Å². The molecule has 0 heterocycles. The smallest absolute Gasteiger partial charge is 0.0622 e. The van der Waals surface area contributed by atoms with Gasteiger partial charge in [0.25, 0.3) is 0 Å². The second kappa shape index (κ2) is 3.50. The standard InChI is InChI=1S/C7H11N3S/c1-11-7-4-5(8)2-3-6(7)10-9/h2-4,10H,8-9H2,1H3. The first-order valence-electron chi connectivity index (χ1n) is 3.18. The molecule has 60 valence electrons. The lowest BCUT2D eigenvalue weighted by Gasteiger charge is -2.06. The summed E-state index contributed by atoms with van der Waals surface area (Å²) in [6.07, 6.45) is 1.98.